The van der Waals surface area contributed by atoms with E-state index in [9.17, 15) is 4.79 Å². The number of hydrogen-bond acceptors (Lipinski definition) is 1. The summed E-state index contributed by atoms with van der Waals surface area (Å²) in [5.41, 5.74) is 1.09. The lowest BCUT2D eigenvalue weighted by molar-refractivity contribution is -0.120. The molecule has 0 amide bonds. The molecule has 0 N–H and O–H groups in total. The average molecular weight is 202 g/mol. The van der Waals surface area contributed by atoms with Gasteiger partial charge in [-0.25, -0.2) is 0 Å². The molecule has 0 saturated heterocycles. The Hall–Kier alpha value is -1.37. The van der Waals surface area contributed by atoms with Crippen molar-refractivity contribution in [1.29, 1.82) is 0 Å². The highest BCUT2D eigenvalue weighted by Gasteiger charge is 2.22. The van der Waals surface area contributed by atoms with Crippen LogP contribution in [-0.4, -0.2) is 5.78 Å². The van der Waals surface area contributed by atoms with Gasteiger partial charge in [0.25, 0.3) is 0 Å². The summed E-state index contributed by atoms with van der Waals surface area (Å²) in [6.07, 6.45) is 2.43. The third-order valence-corrected chi connectivity index (χ3v) is 2.75. The maximum Gasteiger partial charge on any atom is 0.140 e. The number of benzene rings is 1. The summed E-state index contributed by atoms with van der Waals surface area (Å²) in [6, 6.07) is 9.94. The van der Waals surface area contributed by atoms with Gasteiger partial charge in [0.2, 0.25) is 0 Å². The SMILES string of the molecule is C=CC(C)C(C(=O)CC)c1ccccc1. The average Bonchev–Trinajstić information content (AvgIpc) is 2.30. The van der Waals surface area contributed by atoms with Gasteiger partial charge in [-0.1, -0.05) is 50.3 Å². The monoisotopic (exact) mass is 202 g/mol. The highest BCUT2D eigenvalue weighted by molar-refractivity contribution is 5.86. The third-order valence-electron chi connectivity index (χ3n) is 2.75. The van der Waals surface area contributed by atoms with Gasteiger partial charge >= 0.3 is 0 Å². The molecule has 1 rings (SSSR count). The van der Waals surface area contributed by atoms with E-state index < -0.39 is 0 Å². The fourth-order valence-corrected chi connectivity index (χ4v) is 1.80. The molecule has 1 aromatic carbocycles. The predicted molar refractivity (Wildman–Crippen MR) is 63.8 cm³/mol. The lowest BCUT2D eigenvalue weighted by Gasteiger charge is -2.19. The zero-order valence-electron chi connectivity index (χ0n) is 9.44. The standard InChI is InChI=1S/C14H18O/c1-4-11(3)14(13(15)5-2)12-9-7-6-8-10-12/h4,6-11,14H,1,5H2,2-3H3. The van der Waals surface area contributed by atoms with Gasteiger partial charge in [-0.2, -0.15) is 0 Å². The Morgan fingerprint density at radius 3 is 2.47 bits per heavy atom. The second-order valence-electron chi connectivity index (χ2n) is 3.80. The van der Waals surface area contributed by atoms with E-state index in [1.54, 1.807) is 0 Å². The minimum Gasteiger partial charge on any atom is -0.299 e. The Morgan fingerprint density at radius 1 is 1.40 bits per heavy atom. The lowest BCUT2D eigenvalue weighted by atomic mass is 9.83. The van der Waals surface area contributed by atoms with Crippen LogP contribution in [0.3, 0.4) is 0 Å². The number of allylic oxidation sites excluding steroid dienone is 1. The molecule has 0 saturated carbocycles. The first-order valence-corrected chi connectivity index (χ1v) is 5.41. The van der Waals surface area contributed by atoms with Crippen LogP contribution in [0.15, 0.2) is 43.0 Å². The van der Waals surface area contributed by atoms with E-state index in [0.717, 1.165) is 5.56 Å². The first kappa shape index (κ1) is 11.7. The number of ketones is 1. The van der Waals surface area contributed by atoms with Gasteiger partial charge in [0.1, 0.15) is 5.78 Å². The molecular formula is C14H18O. The second-order valence-corrected chi connectivity index (χ2v) is 3.80. The molecule has 1 aromatic rings. The molecule has 80 valence electrons. The molecular weight excluding hydrogens is 184 g/mol. The van der Waals surface area contributed by atoms with Crippen LogP contribution in [0.25, 0.3) is 0 Å². The van der Waals surface area contributed by atoms with Gasteiger partial charge in [0, 0.05) is 12.3 Å². The first-order chi connectivity index (χ1) is 7.20. The summed E-state index contributed by atoms with van der Waals surface area (Å²) < 4.78 is 0. The zero-order chi connectivity index (χ0) is 11.3. The molecule has 0 spiro atoms. The maximum absolute atomic E-state index is 11.9. The summed E-state index contributed by atoms with van der Waals surface area (Å²) in [5, 5.41) is 0. The Balaban J connectivity index is 3.01. The summed E-state index contributed by atoms with van der Waals surface area (Å²) in [7, 11) is 0. The van der Waals surface area contributed by atoms with Crippen molar-refractivity contribution in [3.8, 4) is 0 Å². The molecule has 2 unspecified atom stereocenters. The van der Waals surface area contributed by atoms with Crippen molar-refractivity contribution in [3.05, 3.63) is 48.6 Å². The number of hydrogen-bond donors (Lipinski definition) is 0. The third kappa shape index (κ3) is 2.79. The molecule has 0 aliphatic carbocycles. The van der Waals surface area contributed by atoms with Crippen LogP contribution in [0.4, 0.5) is 0 Å². The normalized spacial score (nSPS) is 14.3. The molecule has 1 nitrogen and oxygen atoms in total. The first-order valence-electron chi connectivity index (χ1n) is 5.41. The van der Waals surface area contributed by atoms with Gasteiger partial charge in [-0.3, -0.25) is 4.79 Å². The van der Waals surface area contributed by atoms with Crippen LogP contribution in [0.1, 0.15) is 31.7 Å². The van der Waals surface area contributed by atoms with Crippen molar-refractivity contribution in [2.75, 3.05) is 0 Å². The largest absolute Gasteiger partial charge is 0.299 e. The van der Waals surface area contributed by atoms with E-state index in [1.807, 2.05) is 50.3 Å². The Bertz CT molecular complexity index is 326. The quantitative estimate of drug-likeness (QED) is 0.667. The molecule has 0 aliphatic rings. The molecule has 1 heteroatoms. The molecule has 0 radical (unpaired) electrons. The molecule has 15 heavy (non-hydrogen) atoms. The minimum atomic E-state index is -0.0336. The highest BCUT2D eigenvalue weighted by atomic mass is 16.1. The van der Waals surface area contributed by atoms with Crippen LogP contribution >= 0.6 is 0 Å². The lowest BCUT2D eigenvalue weighted by Crippen LogP contribution is -2.17. The van der Waals surface area contributed by atoms with Crippen LogP contribution in [0, 0.1) is 5.92 Å². The van der Waals surface area contributed by atoms with Crippen molar-refractivity contribution in [2.45, 2.75) is 26.2 Å². The second kappa shape index (κ2) is 5.50. The minimum absolute atomic E-state index is 0.0336. The summed E-state index contributed by atoms with van der Waals surface area (Å²) in [6.45, 7) is 7.72. The summed E-state index contributed by atoms with van der Waals surface area (Å²) in [4.78, 5) is 11.9. The Labute approximate surface area is 91.8 Å². The van der Waals surface area contributed by atoms with Crippen molar-refractivity contribution >= 4 is 5.78 Å². The van der Waals surface area contributed by atoms with E-state index in [4.69, 9.17) is 0 Å². The van der Waals surface area contributed by atoms with E-state index in [0.29, 0.717) is 6.42 Å². The van der Waals surface area contributed by atoms with Crippen molar-refractivity contribution in [1.82, 2.24) is 0 Å². The summed E-state index contributed by atoms with van der Waals surface area (Å²) >= 11 is 0. The zero-order valence-corrected chi connectivity index (χ0v) is 9.44. The summed E-state index contributed by atoms with van der Waals surface area (Å²) in [5.74, 6) is 0.446. The predicted octanol–water partition coefficient (Wildman–Crippen LogP) is 3.57. The molecule has 0 heterocycles. The molecule has 0 fully saturated rings. The number of rotatable bonds is 5. The Morgan fingerprint density at radius 2 is 2.00 bits per heavy atom. The molecule has 0 aromatic heterocycles. The van der Waals surface area contributed by atoms with Gasteiger partial charge < -0.3 is 0 Å². The van der Waals surface area contributed by atoms with Gasteiger partial charge in [0.15, 0.2) is 0 Å². The fraction of sp³-hybridized carbons (Fsp3) is 0.357. The maximum atomic E-state index is 11.9. The van der Waals surface area contributed by atoms with Crippen molar-refractivity contribution in [3.63, 3.8) is 0 Å². The van der Waals surface area contributed by atoms with E-state index in [-0.39, 0.29) is 17.6 Å². The van der Waals surface area contributed by atoms with Crippen molar-refractivity contribution < 1.29 is 4.79 Å². The molecule has 2 atom stereocenters. The highest BCUT2D eigenvalue weighted by Crippen LogP contribution is 2.27. The number of carbonyl (C=O) groups excluding carboxylic acids is 1. The van der Waals surface area contributed by atoms with Crippen LogP contribution in [-0.2, 0) is 4.79 Å². The van der Waals surface area contributed by atoms with Crippen LogP contribution in [0.2, 0.25) is 0 Å². The van der Waals surface area contributed by atoms with E-state index in [2.05, 4.69) is 6.58 Å². The van der Waals surface area contributed by atoms with Gasteiger partial charge in [0.05, 0.1) is 0 Å². The Kier molecular flexibility index (Phi) is 4.29. The fourth-order valence-electron chi connectivity index (χ4n) is 1.80. The molecule has 0 bridgehead atoms. The van der Waals surface area contributed by atoms with Crippen LogP contribution in [0.5, 0.6) is 0 Å². The van der Waals surface area contributed by atoms with Crippen LogP contribution < -0.4 is 0 Å². The topological polar surface area (TPSA) is 17.1 Å². The number of Topliss-reactive ketones (excluding diaryl/α,β-unsaturated/α-hetero) is 1. The smallest absolute Gasteiger partial charge is 0.140 e. The van der Waals surface area contributed by atoms with E-state index in [1.165, 1.54) is 0 Å². The van der Waals surface area contributed by atoms with Gasteiger partial charge in [-0.05, 0) is 11.5 Å². The number of carbonyl (C=O) groups is 1. The molecule has 0 aliphatic heterocycles. The van der Waals surface area contributed by atoms with E-state index >= 15 is 0 Å². The van der Waals surface area contributed by atoms with Crippen molar-refractivity contribution in [2.24, 2.45) is 5.92 Å². The van der Waals surface area contributed by atoms with Gasteiger partial charge in [-0.15, -0.1) is 6.58 Å².